The second-order valence-corrected chi connectivity index (χ2v) is 4.15. The molecule has 0 aliphatic carbocycles. The average Bonchev–Trinajstić information content (AvgIpc) is 2.69. The van der Waals surface area contributed by atoms with Gasteiger partial charge >= 0.3 is 0 Å². The molecule has 0 spiro atoms. The molecule has 86 valence electrons. The van der Waals surface area contributed by atoms with Crippen LogP contribution >= 0.6 is 0 Å². The molecule has 1 heterocycles. The number of rotatable bonds is 4. The van der Waals surface area contributed by atoms with Crippen molar-refractivity contribution in [1.29, 1.82) is 0 Å². The average molecular weight is 202 g/mol. The van der Waals surface area contributed by atoms with Crippen molar-refractivity contribution in [3.8, 4) is 0 Å². The van der Waals surface area contributed by atoms with E-state index in [2.05, 4.69) is 13.8 Å². The molecule has 2 heteroatoms. The Labute approximate surface area is 88.7 Å². The van der Waals surface area contributed by atoms with Crippen LogP contribution in [0.2, 0.25) is 0 Å². The molecule has 1 saturated heterocycles. The van der Waals surface area contributed by atoms with E-state index < -0.39 is 0 Å². The van der Waals surface area contributed by atoms with E-state index in [9.17, 15) is 0 Å². The fourth-order valence-electron chi connectivity index (χ4n) is 1.75. The van der Waals surface area contributed by atoms with Gasteiger partial charge < -0.3 is 9.84 Å². The third kappa shape index (κ3) is 4.97. The first-order valence-electron chi connectivity index (χ1n) is 5.92. The van der Waals surface area contributed by atoms with Crippen LogP contribution < -0.4 is 0 Å². The smallest absolute Gasteiger partial charge is 0.0495 e. The third-order valence-electron chi connectivity index (χ3n) is 2.84. The van der Waals surface area contributed by atoms with Crippen LogP contribution in [0, 0.1) is 17.8 Å². The van der Waals surface area contributed by atoms with Gasteiger partial charge in [0.05, 0.1) is 0 Å². The molecule has 0 radical (unpaired) electrons. The first kappa shape index (κ1) is 13.9. The topological polar surface area (TPSA) is 29.5 Å². The summed E-state index contributed by atoms with van der Waals surface area (Å²) in [6, 6.07) is 0. The molecule has 2 nitrogen and oxygen atoms in total. The molecule has 0 bridgehead atoms. The maximum absolute atomic E-state index is 9.12. The normalized spacial score (nSPS) is 23.1. The van der Waals surface area contributed by atoms with Crippen LogP contribution in [0.5, 0.6) is 0 Å². The van der Waals surface area contributed by atoms with Gasteiger partial charge in [0.15, 0.2) is 0 Å². The Kier molecular flexibility index (Phi) is 8.20. The van der Waals surface area contributed by atoms with E-state index in [1.807, 2.05) is 13.8 Å². The third-order valence-corrected chi connectivity index (χ3v) is 2.84. The van der Waals surface area contributed by atoms with Crippen molar-refractivity contribution in [2.75, 3.05) is 19.8 Å². The number of hydrogen-bond acceptors (Lipinski definition) is 2. The summed E-state index contributed by atoms with van der Waals surface area (Å²) in [6.45, 7) is 10.5. The van der Waals surface area contributed by atoms with Gasteiger partial charge in [0.25, 0.3) is 0 Å². The highest BCUT2D eigenvalue weighted by Crippen LogP contribution is 2.25. The minimum atomic E-state index is 0.328. The Morgan fingerprint density at radius 2 is 2.00 bits per heavy atom. The zero-order valence-electron chi connectivity index (χ0n) is 10.1. The summed E-state index contributed by atoms with van der Waals surface area (Å²) >= 11 is 0. The van der Waals surface area contributed by atoms with Gasteiger partial charge in [0.1, 0.15) is 0 Å². The molecule has 0 aromatic heterocycles. The molecule has 0 amide bonds. The van der Waals surface area contributed by atoms with Crippen molar-refractivity contribution in [2.45, 2.75) is 40.5 Å². The second-order valence-electron chi connectivity index (χ2n) is 4.15. The molecule has 1 aliphatic rings. The summed E-state index contributed by atoms with van der Waals surface area (Å²) in [4.78, 5) is 0. The van der Waals surface area contributed by atoms with E-state index in [4.69, 9.17) is 9.84 Å². The highest BCUT2D eigenvalue weighted by atomic mass is 16.5. The van der Waals surface area contributed by atoms with Gasteiger partial charge in [-0.2, -0.15) is 0 Å². The molecule has 2 unspecified atom stereocenters. The van der Waals surface area contributed by atoms with Crippen molar-refractivity contribution < 1.29 is 9.84 Å². The zero-order valence-corrected chi connectivity index (χ0v) is 10.1. The predicted molar refractivity (Wildman–Crippen MR) is 60.3 cm³/mol. The van der Waals surface area contributed by atoms with Crippen LogP contribution in [-0.2, 0) is 4.74 Å². The van der Waals surface area contributed by atoms with Crippen LogP contribution in [-0.4, -0.2) is 24.9 Å². The van der Waals surface area contributed by atoms with Gasteiger partial charge in [0.2, 0.25) is 0 Å². The Morgan fingerprint density at radius 1 is 1.36 bits per heavy atom. The van der Waals surface area contributed by atoms with E-state index in [-0.39, 0.29) is 0 Å². The summed E-state index contributed by atoms with van der Waals surface area (Å²) in [6.07, 6.45) is 2.32. The van der Waals surface area contributed by atoms with E-state index in [1.165, 1.54) is 6.42 Å². The lowest BCUT2D eigenvalue weighted by Gasteiger charge is -2.20. The van der Waals surface area contributed by atoms with Gasteiger partial charge in [-0.25, -0.2) is 0 Å². The summed E-state index contributed by atoms with van der Waals surface area (Å²) < 4.78 is 5.30. The molecule has 2 atom stereocenters. The van der Waals surface area contributed by atoms with Crippen LogP contribution in [0.1, 0.15) is 40.5 Å². The fourth-order valence-corrected chi connectivity index (χ4v) is 1.75. The van der Waals surface area contributed by atoms with Crippen LogP contribution in [0.15, 0.2) is 0 Å². The van der Waals surface area contributed by atoms with E-state index >= 15 is 0 Å². The predicted octanol–water partition coefficient (Wildman–Crippen LogP) is 2.70. The Balaban J connectivity index is 0.000000791. The van der Waals surface area contributed by atoms with Crippen molar-refractivity contribution in [1.82, 2.24) is 0 Å². The van der Waals surface area contributed by atoms with Crippen LogP contribution in [0.25, 0.3) is 0 Å². The molecule has 1 rings (SSSR count). The molecular formula is C12H26O2. The van der Waals surface area contributed by atoms with Gasteiger partial charge in [0, 0.05) is 19.8 Å². The summed E-state index contributed by atoms with van der Waals surface area (Å²) in [7, 11) is 0. The first-order valence-corrected chi connectivity index (χ1v) is 5.92. The van der Waals surface area contributed by atoms with Crippen molar-refractivity contribution in [2.24, 2.45) is 17.8 Å². The molecule has 14 heavy (non-hydrogen) atoms. The number of hydrogen-bond donors (Lipinski definition) is 1. The van der Waals surface area contributed by atoms with Gasteiger partial charge in [-0.3, -0.25) is 0 Å². The lowest BCUT2D eigenvalue weighted by molar-refractivity contribution is 0.145. The largest absolute Gasteiger partial charge is 0.396 e. The molecule has 1 N–H and O–H groups in total. The van der Waals surface area contributed by atoms with Crippen molar-refractivity contribution in [3.05, 3.63) is 0 Å². The zero-order chi connectivity index (χ0) is 11.0. The number of aliphatic hydroxyl groups excluding tert-OH is 1. The van der Waals surface area contributed by atoms with E-state index in [1.54, 1.807) is 0 Å². The minimum Gasteiger partial charge on any atom is -0.396 e. The lowest BCUT2D eigenvalue weighted by Crippen LogP contribution is -2.18. The maximum atomic E-state index is 9.12. The minimum absolute atomic E-state index is 0.328. The Hall–Kier alpha value is -0.0800. The molecule has 0 saturated carbocycles. The summed E-state index contributed by atoms with van der Waals surface area (Å²) in [5.74, 6) is 1.76. The highest BCUT2D eigenvalue weighted by molar-refractivity contribution is 4.71. The summed E-state index contributed by atoms with van der Waals surface area (Å²) in [5, 5.41) is 9.12. The van der Waals surface area contributed by atoms with Crippen molar-refractivity contribution >= 4 is 0 Å². The molecule has 0 aromatic rings. The van der Waals surface area contributed by atoms with Gasteiger partial charge in [-0.05, 0) is 30.6 Å². The monoisotopic (exact) mass is 202 g/mol. The van der Waals surface area contributed by atoms with Crippen molar-refractivity contribution in [3.63, 3.8) is 0 Å². The Morgan fingerprint density at radius 3 is 2.36 bits per heavy atom. The quantitative estimate of drug-likeness (QED) is 0.759. The number of aliphatic hydroxyl groups is 1. The standard InChI is InChI=1S/C10H20O2.C2H6/c1-8(2)10(6-11)5-9-3-4-12-7-9;1-2/h8-11H,3-7H2,1-2H3;1-2H3. The highest BCUT2D eigenvalue weighted by Gasteiger charge is 2.21. The summed E-state index contributed by atoms with van der Waals surface area (Å²) in [5.41, 5.74) is 0. The Bertz CT molecular complexity index is 117. The molecular weight excluding hydrogens is 176 g/mol. The van der Waals surface area contributed by atoms with Gasteiger partial charge in [-0.15, -0.1) is 0 Å². The number of ether oxygens (including phenoxy) is 1. The SMILES string of the molecule is CC.CC(C)C(CO)CC1CCOC1. The maximum Gasteiger partial charge on any atom is 0.0495 e. The van der Waals surface area contributed by atoms with Crippen LogP contribution in [0.3, 0.4) is 0 Å². The molecule has 1 aliphatic heterocycles. The fraction of sp³-hybridized carbons (Fsp3) is 1.00. The van der Waals surface area contributed by atoms with E-state index in [0.29, 0.717) is 24.4 Å². The second kappa shape index (κ2) is 8.25. The molecule has 0 aromatic carbocycles. The lowest BCUT2D eigenvalue weighted by atomic mass is 9.87. The molecule has 1 fully saturated rings. The first-order chi connectivity index (χ1) is 6.74. The van der Waals surface area contributed by atoms with E-state index in [0.717, 1.165) is 19.6 Å². The van der Waals surface area contributed by atoms with Crippen LogP contribution in [0.4, 0.5) is 0 Å². The van der Waals surface area contributed by atoms with Gasteiger partial charge in [-0.1, -0.05) is 27.7 Å².